The largest absolute Gasteiger partial charge is 0.327 e. The minimum absolute atomic E-state index is 0.130. The maximum Gasteiger partial charge on any atom is 0.277 e. The molecule has 0 heterocycles. The minimum atomic E-state index is -0.664. The summed E-state index contributed by atoms with van der Waals surface area (Å²) >= 11 is 0. The van der Waals surface area contributed by atoms with E-state index in [2.05, 4.69) is 5.43 Å². The van der Waals surface area contributed by atoms with Crippen LogP contribution < -0.4 is 22.5 Å². The van der Waals surface area contributed by atoms with Crippen molar-refractivity contribution in [2.24, 2.45) is 11.7 Å². The number of hydrazine groups is 2. The first-order valence-electron chi connectivity index (χ1n) is 2.76. The van der Waals surface area contributed by atoms with Crippen LogP contribution in [0.3, 0.4) is 0 Å². The molecule has 0 saturated heterocycles. The molecule has 6 heteroatoms. The van der Waals surface area contributed by atoms with Gasteiger partial charge in [-0.05, 0) is 6.92 Å². The summed E-state index contributed by atoms with van der Waals surface area (Å²) in [4.78, 5) is 10.7. The van der Waals surface area contributed by atoms with Gasteiger partial charge in [0.2, 0.25) is 0 Å². The van der Waals surface area contributed by atoms with E-state index in [1.54, 1.807) is 6.07 Å². The fraction of sp³-hybridized carbons (Fsp3) is 0.200. The van der Waals surface area contributed by atoms with Crippen molar-refractivity contribution in [3.8, 4) is 6.07 Å². The number of allylic oxidation sites excluding steroid dienone is 1. The zero-order chi connectivity index (χ0) is 8.85. The van der Waals surface area contributed by atoms with Crippen LogP contribution in [-0.4, -0.2) is 5.91 Å². The average Bonchev–Trinajstić information content (AvgIpc) is 2.05. The number of carbonyl (C=O) groups is 1. The Morgan fingerprint density at radius 1 is 1.45 bits per heavy atom. The molecular weight excluding hydrogens is 146 g/mol. The van der Waals surface area contributed by atoms with E-state index in [0.29, 0.717) is 0 Å². The fourth-order valence-corrected chi connectivity index (χ4v) is 0.449. The quantitative estimate of drug-likeness (QED) is 0.124. The highest BCUT2D eigenvalue weighted by Gasteiger charge is 2.09. The molecule has 0 spiro atoms. The summed E-state index contributed by atoms with van der Waals surface area (Å²) in [6, 6.07) is 1.65. The van der Waals surface area contributed by atoms with Gasteiger partial charge in [0.25, 0.3) is 5.91 Å². The van der Waals surface area contributed by atoms with Gasteiger partial charge in [-0.15, -0.1) is 0 Å². The Bertz CT molecular complexity index is 226. The lowest BCUT2D eigenvalue weighted by atomic mass is 10.2. The number of carbonyl (C=O) groups excluding carboxylic acids is 1. The molecule has 11 heavy (non-hydrogen) atoms. The van der Waals surface area contributed by atoms with Crippen LogP contribution in [0, 0.1) is 11.3 Å². The number of nitrogens with one attached hydrogen (secondary N) is 2. The second-order valence-corrected chi connectivity index (χ2v) is 1.73. The number of nitrogens with zero attached hydrogens (tertiary/aromatic N) is 1. The summed E-state index contributed by atoms with van der Waals surface area (Å²) in [7, 11) is 0. The molecule has 0 atom stereocenters. The van der Waals surface area contributed by atoms with Gasteiger partial charge in [0.15, 0.2) is 0 Å². The molecule has 0 rings (SSSR count). The van der Waals surface area contributed by atoms with Gasteiger partial charge < -0.3 is 5.43 Å². The molecule has 0 aromatic carbocycles. The van der Waals surface area contributed by atoms with E-state index in [0.717, 1.165) is 0 Å². The number of nitriles is 1. The van der Waals surface area contributed by atoms with Crippen LogP contribution >= 0.6 is 0 Å². The van der Waals surface area contributed by atoms with E-state index in [9.17, 15) is 4.79 Å². The van der Waals surface area contributed by atoms with Crippen molar-refractivity contribution in [1.82, 2.24) is 10.9 Å². The molecule has 6 nitrogen and oxygen atoms in total. The first kappa shape index (κ1) is 9.42. The topological polar surface area (TPSA) is 117 Å². The molecule has 0 aliphatic heterocycles. The van der Waals surface area contributed by atoms with Gasteiger partial charge in [-0.3, -0.25) is 16.1 Å². The third-order valence-electron chi connectivity index (χ3n) is 1.06. The molecule has 0 radical (unpaired) electrons. The zero-order valence-corrected chi connectivity index (χ0v) is 6.01. The Morgan fingerprint density at radius 3 is 2.27 bits per heavy atom. The molecule has 0 aliphatic rings. The van der Waals surface area contributed by atoms with E-state index < -0.39 is 5.91 Å². The molecule has 0 saturated carbocycles. The van der Waals surface area contributed by atoms with Crippen molar-refractivity contribution in [1.29, 1.82) is 5.26 Å². The van der Waals surface area contributed by atoms with E-state index >= 15 is 0 Å². The summed E-state index contributed by atoms with van der Waals surface area (Å²) in [6.07, 6.45) is 0. The number of hydrogen-bond donors (Lipinski definition) is 4. The fourth-order valence-electron chi connectivity index (χ4n) is 0.449. The molecule has 60 valence electrons. The second kappa shape index (κ2) is 4.27. The standard InChI is InChI=1S/C5H9N5O/c1-3(9-7)4(2-6)5(11)10-8/h9H,7-8H2,1H3,(H,10,11). The van der Waals surface area contributed by atoms with Crippen molar-refractivity contribution >= 4 is 5.91 Å². The van der Waals surface area contributed by atoms with Crippen molar-refractivity contribution in [3.63, 3.8) is 0 Å². The highest BCUT2D eigenvalue weighted by atomic mass is 16.2. The Morgan fingerprint density at radius 2 is 2.00 bits per heavy atom. The van der Waals surface area contributed by atoms with Crippen LogP contribution in [0.4, 0.5) is 0 Å². The van der Waals surface area contributed by atoms with Crippen LogP contribution in [-0.2, 0) is 4.79 Å². The third kappa shape index (κ3) is 2.25. The first-order chi connectivity index (χ1) is 5.17. The summed E-state index contributed by atoms with van der Waals surface area (Å²) < 4.78 is 0. The van der Waals surface area contributed by atoms with Crippen LogP contribution in [0.25, 0.3) is 0 Å². The Hall–Kier alpha value is -1.58. The van der Waals surface area contributed by atoms with E-state index in [1.165, 1.54) is 6.92 Å². The predicted octanol–water partition coefficient (Wildman–Crippen LogP) is -1.76. The monoisotopic (exact) mass is 155 g/mol. The van der Waals surface area contributed by atoms with Crippen LogP contribution in [0.5, 0.6) is 0 Å². The lowest BCUT2D eigenvalue weighted by Gasteiger charge is -2.01. The first-order valence-corrected chi connectivity index (χ1v) is 2.76. The number of rotatable bonds is 2. The minimum Gasteiger partial charge on any atom is -0.327 e. The van der Waals surface area contributed by atoms with Crippen LogP contribution in [0.2, 0.25) is 0 Å². The van der Waals surface area contributed by atoms with Gasteiger partial charge in [-0.2, -0.15) is 5.26 Å². The summed E-state index contributed by atoms with van der Waals surface area (Å²) in [5.41, 5.74) is 4.13. The average molecular weight is 155 g/mol. The Labute approximate surface area is 63.8 Å². The van der Waals surface area contributed by atoms with Crippen LogP contribution in [0.15, 0.2) is 11.3 Å². The van der Waals surface area contributed by atoms with Gasteiger partial charge in [0.1, 0.15) is 11.6 Å². The van der Waals surface area contributed by atoms with Gasteiger partial charge in [-0.25, -0.2) is 5.84 Å². The van der Waals surface area contributed by atoms with Crippen molar-refractivity contribution in [2.75, 3.05) is 0 Å². The molecule has 6 N–H and O–H groups in total. The predicted molar refractivity (Wildman–Crippen MR) is 38.0 cm³/mol. The normalized spacial score (nSPS) is 11.1. The van der Waals surface area contributed by atoms with E-state index in [1.807, 2.05) is 5.43 Å². The van der Waals surface area contributed by atoms with Crippen molar-refractivity contribution in [3.05, 3.63) is 11.3 Å². The van der Waals surface area contributed by atoms with E-state index in [4.69, 9.17) is 16.9 Å². The zero-order valence-electron chi connectivity index (χ0n) is 6.01. The SMILES string of the molecule is CC(NN)=C(C#N)C(=O)NN. The van der Waals surface area contributed by atoms with Crippen molar-refractivity contribution < 1.29 is 4.79 Å². The van der Waals surface area contributed by atoms with Gasteiger partial charge >= 0.3 is 0 Å². The number of amides is 1. The third-order valence-corrected chi connectivity index (χ3v) is 1.06. The molecule has 0 fully saturated rings. The smallest absolute Gasteiger partial charge is 0.277 e. The highest BCUT2D eigenvalue weighted by molar-refractivity contribution is 5.97. The molecule has 0 aromatic rings. The molecular formula is C5H9N5O. The molecule has 0 aliphatic carbocycles. The molecule has 0 bridgehead atoms. The molecule has 0 unspecified atom stereocenters. The molecule has 1 amide bonds. The van der Waals surface area contributed by atoms with Crippen LogP contribution in [0.1, 0.15) is 6.92 Å². The second-order valence-electron chi connectivity index (χ2n) is 1.73. The van der Waals surface area contributed by atoms with Gasteiger partial charge in [0, 0.05) is 5.70 Å². The highest BCUT2D eigenvalue weighted by Crippen LogP contribution is 1.96. The summed E-state index contributed by atoms with van der Waals surface area (Å²) in [6.45, 7) is 1.49. The number of hydrogen-bond acceptors (Lipinski definition) is 5. The number of nitrogens with two attached hydrogens (primary N) is 2. The summed E-state index contributed by atoms with van der Waals surface area (Å²) in [5.74, 6) is 9.08. The Balaban J connectivity index is 4.69. The van der Waals surface area contributed by atoms with Gasteiger partial charge in [-0.1, -0.05) is 0 Å². The maximum atomic E-state index is 10.7. The Kier molecular flexibility index (Phi) is 3.66. The van der Waals surface area contributed by atoms with Crippen molar-refractivity contribution in [2.45, 2.75) is 6.92 Å². The summed E-state index contributed by atoms with van der Waals surface area (Å²) in [5, 5.41) is 8.41. The molecule has 0 aromatic heterocycles. The lowest BCUT2D eigenvalue weighted by Crippen LogP contribution is -2.33. The van der Waals surface area contributed by atoms with Gasteiger partial charge in [0.05, 0.1) is 0 Å². The van der Waals surface area contributed by atoms with E-state index in [-0.39, 0.29) is 11.3 Å². The maximum absolute atomic E-state index is 10.7. The lowest BCUT2D eigenvalue weighted by molar-refractivity contribution is -0.117.